The maximum absolute atomic E-state index is 13.5. The number of hydrogen-bond acceptors (Lipinski definition) is 1. The van der Waals surface area contributed by atoms with Gasteiger partial charge in [-0.25, -0.2) is 4.39 Å². The van der Waals surface area contributed by atoms with Gasteiger partial charge in [-0.3, -0.25) is 0 Å². The van der Waals surface area contributed by atoms with Crippen LogP contribution in [-0.4, -0.2) is 11.2 Å². The van der Waals surface area contributed by atoms with E-state index in [0.29, 0.717) is 17.9 Å². The van der Waals surface area contributed by atoms with E-state index in [-0.39, 0.29) is 11.9 Å². The van der Waals surface area contributed by atoms with Crippen molar-refractivity contribution in [3.05, 3.63) is 35.6 Å². The zero-order valence-electron chi connectivity index (χ0n) is 10.7. The second-order valence-corrected chi connectivity index (χ2v) is 6.12. The zero-order valence-corrected chi connectivity index (χ0v) is 10.7. The smallest absolute Gasteiger partial charge is 0.126 e. The Labute approximate surface area is 108 Å². The Hall–Kier alpha value is -0.890. The molecule has 2 heteroatoms. The van der Waals surface area contributed by atoms with Crippen LogP contribution in [0.2, 0.25) is 0 Å². The summed E-state index contributed by atoms with van der Waals surface area (Å²) in [5.41, 5.74) is 0.646. The largest absolute Gasteiger partial charge is 0.393 e. The summed E-state index contributed by atoms with van der Waals surface area (Å²) in [6, 6.07) is 6.78. The lowest BCUT2D eigenvalue weighted by molar-refractivity contribution is 0.124. The molecule has 2 aliphatic carbocycles. The first-order valence-electron chi connectivity index (χ1n) is 7.14. The van der Waals surface area contributed by atoms with Gasteiger partial charge in [-0.15, -0.1) is 0 Å². The normalized spacial score (nSPS) is 31.8. The van der Waals surface area contributed by atoms with E-state index in [0.717, 1.165) is 18.3 Å². The van der Waals surface area contributed by atoms with Crippen molar-refractivity contribution in [1.82, 2.24) is 0 Å². The fraction of sp³-hybridized carbons (Fsp3) is 0.625. The predicted octanol–water partition coefficient (Wildman–Crippen LogP) is 3.56. The molecular weight excluding hydrogens is 227 g/mol. The molecule has 4 unspecified atom stereocenters. The lowest BCUT2D eigenvalue weighted by atomic mass is 9.84. The molecule has 2 saturated carbocycles. The Bertz CT molecular complexity index is 417. The minimum atomic E-state index is -0.383. The van der Waals surface area contributed by atoms with Gasteiger partial charge in [-0.2, -0.15) is 0 Å². The summed E-state index contributed by atoms with van der Waals surface area (Å²) < 4.78 is 13.5. The Morgan fingerprint density at radius 2 is 2.06 bits per heavy atom. The third-order valence-corrected chi connectivity index (χ3v) is 4.87. The highest BCUT2D eigenvalue weighted by Crippen LogP contribution is 2.49. The van der Waals surface area contributed by atoms with Crippen molar-refractivity contribution in [3.8, 4) is 0 Å². The number of benzene rings is 1. The molecule has 98 valence electrons. The van der Waals surface area contributed by atoms with E-state index in [1.807, 2.05) is 6.07 Å². The Morgan fingerprint density at radius 1 is 1.22 bits per heavy atom. The summed E-state index contributed by atoms with van der Waals surface area (Å²) in [6.07, 6.45) is 6.34. The number of halogens is 1. The molecule has 1 nitrogen and oxygen atoms in total. The lowest BCUT2D eigenvalue weighted by Gasteiger charge is -2.24. The van der Waals surface area contributed by atoms with Gasteiger partial charge >= 0.3 is 0 Å². The van der Waals surface area contributed by atoms with Crippen LogP contribution in [0.5, 0.6) is 0 Å². The van der Waals surface area contributed by atoms with Crippen molar-refractivity contribution in [2.24, 2.45) is 17.8 Å². The molecule has 0 saturated heterocycles. The van der Waals surface area contributed by atoms with E-state index in [1.54, 1.807) is 12.1 Å². The molecule has 0 spiro atoms. The van der Waals surface area contributed by atoms with Gasteiger partial charge in [0.2, 0.25) is 0 Å². The third kappa shape index (κ3) is 2.44. The van der Waals surface area contributed by atoms with Gasteiger partial charge in [0.1, 0.15) is 5.82 Å². The quantitative estimate of drug-likeness (QED) is 0.864. The van der Waals surface area contributed by atoms with Crippen LogP contribution >= 0.6 is 0 Å². The van der Waals surface area contributed by atoms with Crippen molar-refractivity contribution in [2.45, 2.75) is 44.6 Å². The van der Waals surface area contributed by atoms with Gasteiger partial charge in [0.25, 0.3) is 0 Å². The highest BCUT2D eigenvalue weighted by atomic mass is 19.1. The maximum atomic E-state index is 13.5. The van der Waals surface area contributed by atoms with Crippen LogP contribution in [0, 0.1) is 23.6 Å². The molecular formula is C16H21FO. The lowest BCUT2D eigenvalue weighted by Crippen LogP contribution is -2.20. The highest BCUT2D eigenvalue weighted by Gasteiger charge is 2.39. The fourth-order valence-electron chi connectivity index (χ4n) is 4.02. The summed E-state index contributed by atoms with van der Waals surface area (Å²) in [7, 11) is 0. The maximum Gasteiger partial charge on any atom is 0.126 e. The summed E-state index contributed by atoms with van der Waals surface area (Å²) in [5, 5.41) is 10.1. The molecule has 1 N–H and O–H groups in total. The molecule has 0 aromatic heterocycles. The van der Waals surface area contributed by atoms with Crippen molar-refractivity contribution in [1.29, 1.82) is 0 Å². The van der Waals surface area contributed by atoms with Crippen molar-refractivity contribution >= 4 is 0 Å². The number of hydrogen-bond donors (Lipinski definition) is 1. The van der Waals surface area contributed by atoms with Crippen LogP contribution in [0.25, 0.3) is 0 Å². The molecule has 2 aliphatic rings. The topological polar surface area (TPSA) is 20.2 Å². The monoisotopic (exact) mass is 248 g/mol. The Kier molecular flexibility index (Phi) is 3.38. The van der Waals surface area contributed by atoms with Crippen LogP contribution in [0.4, 0.5) is 4.39 Å². The van der Waals surface area contributed by atoms with E-state index in [2.05, 4.69) is 0 Å². The average molecular weight is 248 g/mol. The first kappa shape index (κ1) is 12.2. The van der Waals surface area contributed by atoms with Crippen molar-refractivity contribution in [3.63, 3.8) is 0 Å². The summed E-state index contributed by atoms with van der Waals surface area (Å²) >= 11 is 0. The fourth-order valence-corrected chi connectivity index (χ4v) is 4.02. The molecule has 1 aromatic carbocycles. The van der Waals surface area contributed by atoms with Crippen LogP contribution in [0.15, 0.2) is 24.3 Å². The number of rotatable bonds is 4. The van der Waals surface area contributed by atoms with Crippen LogP contribution < -0.4 is 0 Å². The van der Waals surface area contributed by atoms with E-state index in [9.17, 15) is 9.50 Å². The zero-order chi connectivity index (χ0) is 12.5. The SMILES string of the molecule is OC(Cc1ccccc1F)CC1CC2CCC1C2. The van der Waals surface area contributed by atoms with E-state index < -0.39 is 0 Å². The highest BCUT2D eigenvalue weighted by molar-refractivity contribution is 5.18. The molecule has 1 aromatic rings. The van der Waals surface area contributed by atoms with E-state index in [4.69, 9.17) is 0 Å². The average Bonchev–Trinajstić information content (AvgIpc) is 2.94. The van der Waals surface area contributed by atoms with Crippen LogP contribution in [0.1, 0.15) is 37.7 Å². The number of fused-ring (bicyclic) bond motifs is 2. The molecule has 2 fully saturated rings. The molecule has 18 heavy (non-hydrogen) atoms. The summed E-state index contributed by atoms with van der Waals surface area (Å²) in [4.78, 5) is 0. The first-order chi connectivity index (χ1) is 8.72. The minimum Gasteiger partial charge on any atom is -0.393 e. The second-order valence-electron chi connectivity index (χ2n) is 6.12. The third-order valence-electron chi connectivity index (χ3n) is 4.87. The van der Waals surface area contributed by atoms with Crippen LogP contribution in [0.3, 0.4) is 0 Å². The van der Waals surface area contributed by atoms with Crippen LogP contribution in [-0.2, 0) is 6.42 Å². The minimum absolute atomic E-state index is 0.190. The van der Waals surface area contributed by atoms with Gasteiger partial charge < -0.3 is 5.11 Å². The molecule has 0 aliphatic heterocycles. The summed E-state index contributed by atoms with van der Waals surface area (Å²) in [5.74, 6) is 2.25. The molecule has 0 radical (unpaired) electrons. The predicted molar refractivity (Wildman–Crippen MR) is 69.7 cm³/mol. The second kappa shape index (κ2) is 5.00. The van der Waals surface area contributed by atoms with Gasteiger partial charge in [0.05, 0.1) is 6.10 Å². The molecule has 4 atom stereocenters. The molecule has 0 amide bonds. The first-order valence-corrected chi connectivity index (χ1v) is 7.14. The Morgan fingerprint density at radius 3 is 2.72 bits per heavy atom. The van der Waals surface area contributed by atoms with Crippen molar-refractivity contribution < 1.29 is 9.50 Å². The number of aliphatic hydroxyl groups is 1. The van der Waals surface area contributed by atoms with Gasteiger partial charge in [0, 0.05) is 6.42 Å². The molecule has 2 bridgehead atoms. The van der Waals surface area contributed by atoms with Gasteiger partial charge in [-0.1, -0.05) is 24.6 Å². The standard InChI is InChI=1S/C16H21FO/c17-16-4-2-1-3-13(16)9-15(18)10-14-8-11-5-6-12(14)7-11/h1-4,11-12,14-15,18H,5-10H2. The van der Waals surface area contributed by atoms with E-state index in [1.165, 1.54) is 31.7 Å². The van der Waals surface area contributed by atoms with Gasteiger partial charge in [-0.05, 0) is 55.1 Å². The van der Waals surface area contributed by atoms with Gasteiger partial charge in [0.15, 0.2) is 0 Å². The number of aliphatic hydroxyl groups excluding tert-OH is 1. The molecule has 0 heterocycles. The van der Waals surface area contributed by atoms with Crippen molar-refractivity contribution in [2.75, 3.05) is 0 Å². The Balaban J connectivity index is 1.56. The summed E-state index contributed by atoms with van der Waals surface area (Å²) in [6.45, 7) is 0. The molecule has 3 rings (SSSR count). The van der Waals surface area contributed by atoms with E-state index >= 15 is 0 Å².